The molecule has 1 aromatic carbocycles. The van der Waals surface area contributed by atoms with Gasteiger partial charge in [-0.05, 0) is 97.6 Å². The maximum atomic E-state index is 3.64. The van der Waals surface area contributed by atoms with Crippen molar-refractivity contribution in [2.75, 3.05) is 0 Å². The molecule has 0 saturated heterocycles. The van der Waals surface area contributed by atoms with Crippen LogP contribution in [0.5, 0.6) is 0 Å². The Labute approximate surface area is 226 Å². The van der Waals surface area contributed by atoms with Crippen LogP contribution in [0.4, 0.5) is 0 Å². The van der Waals surface area contributed by atoms with Gasteiger partial charge in [0.1, 0.15) is 0 Å². The van der Waals surface area contributed by atoms with E-state index in [0.29, 0.717) is 0 Å². The van der Waals surface area contributed by atoms with Crippen molar-refractivity contribution in [3.05, 3.63) is 33.4 Å². The smallest absolute Gasteiger partial charge is 0.0346 e. The second kappa shape index (κ2) is 21.4. The molecule has 0 aliphatic heterocycles. The first-order valence-electron chi connectivity index (χ1n) is 15.8. The fraction of sp³-hybridized carbons (Fsp3) is 0.722. The van der Waals surface area contributed by atoms with Crippen LogP contribution in [0.1, 0.15) is 165 Å². The Bertz CT molecular complexity index is 762. The maximum absolute atomic E-state index is 3.64. The van der Waals surface area contributed by atoms with E-state index in [1.54, 1.807) is 33.4 Å². The second-order valence-electron chi connectivity index (χ2n) is 10.6. The zero-order chi connectivity index (χ0) is 26.4. The molecule has 0 amide bonds. The average molecular weight is 491 g/mol. The standard InChI is InChI=1S/C36H58/c1-7-13-19-21-23-29-35-33(27-17-11-5)31(25-15-9-3)32(26-16-10-4)34(28-18-12-6)36(35)30-24-22-20-14-8-2/h7-20,25-30H2,1-6H3. The van der Waals surface area contributed by atoms with Gasteiger partial charge < -0.3 is 0 Å². The molecule has 1 rings (SSSR count). The molecule has 0 N–H and O–H groups in total. The van der Waals surface area contributed by atoms with E-state index < -0.39 is 0 Å². The lowest BCUT2D eigenvalue weighted by Crippen LogP contribution is -2.14. The molecule has 0 aliphatic carbocycles. The lowest BCUT2D eigenvalue weighted by Gasteiger charge is -2.26. The van der Waals surface area contributed by atoms with Crippen molar-refractivity contribution in [2.24, 2.45) is 0 Å². The number of rotatable bonds is 18. The molecule has 0 heterocycles. The minimum atomic E-state index is 0.918. The molecule has 0 fully saturated rings. The van der Waals surface area contributed by atoms with Crippen LogP contribution in [0.25, 0.3) is 0 Å². The van der Waals surface area contributed by atoms with Crippen molar-refractivity contribution in [1.82, 2.24) is 0 Å². The predicted octanol–water partition coefficient (Wildman–Crippen LogP) is 10.5. The van der Waals surface area contributed by atoms with Gasteiger partial charge in [-0.25, -0.2) is 0 Å². The summed E-state index contributed by atoms with van der Waals surface area (Å²) in [7, 11) is 0. The molecule has 0 aromatic heterocycles. The van der Waals surface area contributed by atoms with Crippen molar-refractivity contribution in [3.8, 4) is 23.7 Å². The molecule has 0 unspecified atom stereocenters. The predicted molar refractivity (Wildman–Crippen MR) is 163 cm³/mol. The van der Waals surface area contributed by atoms with Gasteiger partial charge in [0.05, 0.1) is 0 Å². The molecule has 0 radical (unpaired) electrons. The number of hydrogen-bond donors (Lipinski definition) is 0. The third-order valence-corrected chi connectivity index (χ3v) is 7.40. The second-order valence-corrected chi connectivity index (χ2v) is 10.6. The van der Waals surface area contributed by atoms with Crippen LogP contribution in [0, 0.1) is 23.7 Å². The van der Waals surface area contributed by atoms with Crippen LogP contribution < -0.4 is 0 Å². The first-order chi connectivity index (χ1) is 17.7. The van der Waals surface area contributed by atoms with Gasteiger partial charge in [-0.15, -0.1) is 11.8 Å². The van der Waals surface area contributed by atoms with Crippen molar-refractivity contribution >= 4 is 0 Å². The first-order valence-corrected chi connectivity index (χ1v) is 15.8. The van der Waals surface area contributed by atoms with Gasteiger partial charge in [0.2, 0.25) is 0 Å². The summed E-state index contributed by atoms with van der Waals surface area (Å²) in [6.45, 7) is 13.9. The molecule has 1 aromatic rings. The lowest BCUT2D eigenvalue weighted by molar-refractivity contribution is 0.709. The Balaban J connectivity index is 3.81. The quantitative estimate of drug-likeness (QED) is 0.142. The van der Waals surface area contributed by atoms with Crippen LogP contribution in [0.15, 0.2) is 0 Å². The highest BCUT2D eigenvalue weighted by atomic mass is 14.3. The van der Waals surface area contributed by atoms with E-state index in [9.17, 15) is 0 Å². The Morgan fingerprint density at radius 1 is 0.333 bits per heavy atom. The molecule has 0 heteroatoms. The number of hydrogen-bond acceptors (Lipinski definition) is 0. The average Bonchev–Trinajstić information content (AvgIpc) is 2.89. The zero-order valence-corrected chi connectivity index (χ0v) is 25.1. The van der Waals surface area contributed by atoms with Gasteiger partial charge in [-0.2, -0.15) is 0 Å². The maximum Gasteiger partial charge on any atom is 0.0346 e. The molecular weight excluding hydrogens is 432 g/mol. The van der Waals surface area contributed by atoms with Gasteiger partial charge in [0.25, 0.3) is 0 Å². The summed E-state index contributed by atoms with van der Waals surface area (Å²) in [5.74, 6) is 14.3. The van der Waals surface area contributed by atoms with Crippen LogP contribution in [0.3, 0.4) is 0 Å². The van der Waals surface area contributed by atoms with E-state index in [1.807, 2.05) is 0 Å². The summed E-state index contributed by atoms with van der Waals surface area (Å²) in [6.07, 6.45) is 23.9. The van der Waals surface area contributed by atoms with E-state index in [1.165, 1.54) is 103 Å². The third-order valence-electron chi connectivity index (χ3n) is 7.40. The summed E-state index contributed by atoms with van der Waals surface area (Å²) in [4.78, 5) is 0. The van der Waals surface area contributed by atoms with E-state index in [0.717, 1.165) is 25.7 Å². The summed E-state index contributed by atoms with van der Waals surface area (Å²) >= 11 is 0. The molecular formula is C36H58. The van der Waals surface area contributed by atoms with Gasteiger partial charge >= 0.3 is 0 Å². The zero-order valence-electron chi connectivity index (χ0n) is 25.1. The first kappa shape index (κ1) is 32.4. The van der Waals surface area contributed by atoms with Crippen LogP contribution >= 0.6 is 0 Å². The van der Waals surface area contributed by atoms with Crippen LogP contribution in [-0.4, -0.2) is 0 Å². The lowest BCUT2D eigenvalue weighted by atomic mass is 9.78. The molecule has 202 valence electrons. The van der Waals surface area contributed by atoms with Crippen molar-refractivity contribution in [2.45, 2.75) is 170 Å². The summed E-state index contributed by atoms with van der Waals surface area (Å²) in [5, 5.41) is 0. The minimum absolute atomic E-state index is 0.918. The highest BCUT2D eigenvalue weighted by Crippen LogP contribution is 2.34. The minimum Gasteiger partial charge on any atom is -0.103 e. The Kier molecular flexibility index (Phi) is 19.3. The largest absolute Gasteiger partial charge is 0.103 e. The SMILES string of the molecule is CCCCC#CCc1c(CC#CCCCC)c(CCCC)c(CCCC)c(CCCC)c1CCCC. The van der Waals surface area contributed by atoms with Crippen LogP contribution in [-0.2, 0) is 38.5 Å². The molecule has 0 aliphatic rings. The summed E-state index contributed by atoms with van der Waals surface area (Å²) in [6, 6.07) is 0. The Morgan fingerprint density at radius 2 is 0.611 bits per heavy atom. The molecule has 0 spiro atoms. The van der Waals surface area contributed by atoms with Gasteiger partial charge in [0.15, 0.2) is 0 Å². The highest BCUT2D eigenvalue weighted by Gasteiger charge is 2.22. The van der Waals surface area contributed by atoms with Crippen molar-refractivity contribution in [3.63, 3.8) is 0 Å². The fourth-order valence-corrected chi connectivity index (χ4v) is 5.15. The highest BCUT2D eigenvalue weighted by molar-refractivity contribution is 5.55. The van der Waals surface area contributed by atoms with Gasteiger partial charge in [0, 0.05) is 25.7 Å². The molecule has 0 bridgehead atoms. The Morgan fingerprint density at radius 3 is 0.889 bits per heavy atom. The fourth-order valence-electron chi connectivity index (χ4n) is 5.15. The summed E-state index contributed by atoms with van der Waals surface area (Å²) in [5.41, 5.74) is 9.94. The Hall–Kier alpha value is -1.66. The number of benzene rings is 1. The normalized spacial score (nSPS) is 10.6. The monoisotopic (exact) mass is 490 g/mol. The van der Waals surface area contributed by atoms with Crippen molar-refractivity contribution < 1.29 is 0 Å². The van der Waals surface area contributed by atoms with Crippen LogP contribution in [0.2, 0.25) is 0 Å². The van der Waals surface area contributed by atoms with E-state index in [-0.39, 0.29) is 0 Å². The van der Waals surface area contributed by atoms with Crippen molar-refractivity contribution in [1.29, 1.82) is 0 Å². The molecule has 36 heavy (non-hydrogen) atoms. The summed E-state index contributed by atoms with van der Waals surface area (Å²) < 4.78 is 0. The van der Waals surface area contributed by atoms with E-state index >= 15 is 0 Å². The molecule has 0 atom stereocenters. The van der Waals surface area contributed by atoms with Gasteiger partial charge in [-0.1, -0.05) is 91.9 Å². The topological polar surface area (TPSA) is 0 Å². The molecule has 0 saturated carbocycles. The third kappa shape index (κ3) is 11.6. The van der Waals surface area contributed by atoms with E-state index in [4.69, 9.17) is 0 Å². The number of unbranched alkanes of at least 4 members (excludes halogenated alkanes) is 8. The van der Waals surface area contributed by atoms with E-state index in [2.05, 4.69) is 65.2 Å². The van der Waals surface area contributed by atoms with Gasteiger partial charge in [-0.3, -0.25) is 0 Å². The molecule has 0 nitrogen and oxygen atoms in total.